The number of rotatable bonds is 6. The minimum Gasteiger partial charge on any atom is -0.497 e. The molecule has 0 aliphatic carbocycles. The molecule has 0 aromatic heterocycles. The van der Waals surface area contributed by atoms with Crippen molar-refractivity contribution in [1.82, 2.24) is 25.6 Å². The molecule has 1 unspecified atom stereocenters. The van der Waals surface area contributed by atoms with Crippen molar-refractivity contribution in [3.8, 4) is 5.75 Å². The summed E-state index contributed by atoms with van der Waals surface area (Å²) >= 11 is 6.13. The van der Waals surface area contributed by atoms with Gasteiger partial charge < -0.3 is 15.0 Å². The van der Waals surface area contributed by atoms with E-state index in [1.165, 1.54) is 7.11 Å². The zero-order valence-corrected chi connectivity index (χ0v) is 20.2. The van der Waals surface area contributed by atoms with E-state index in [1.807, 2.05) is 4.90 Å². The number of methoxy groups -OCH3 is 1. The van der Waals surface area contributed by atoms with Crippen molar-refractivity contribution in [2.24, 2.45) is 0 Å². The number of imide groups is 1. The van der Waals surface area contributed by atoms with Gasteiger partial charge in [-0.15, -0.1) is 0 Å². The van der Waals surface area contributed by atoms with E-state index in [4.69, 9.17) is 16.3 Å². The van der Waals surface area contributed by atoms with Crippen LogP contribution >= 0.6 is 11.6 Å². The first-order chi connectivity index (χ1) is 16.7. The molecular formula is C24H26ClN5O5. The molecule has 2 aliphatic heterocycles. The van der Waals surface area contributed by atoms with Gasteiger partial charge in [-0.1, -0.05) is 35.9 Å². The van der Waals surface area contributed by atoms with E-state index in [0.29, 0.717) is 53.1 Å². The average molecular weight is 500 g/mol. The quantitative estimate of drug-likeness (QED) is 0.584. The minimum atomic E-state index is -1.32. The van der Waals surface area contributed by atoms with Gasteiger partial charge in [0.1, 0.15) is 11.3 Å². The van der Waals surface area contributed by atoms with E-state index in [-0.39, 0.29) is 12.5 Å². The maximum Gasteiger partial charge on any atom is 0.344 e. The molecule has 0 spiro atoms. The predicted molar refractivity (Wildman–Crippen MR) is 128 cm³/mol. The molecule has 2 saturated heterocycles. The van der Waals surface area contributed by atoms with Gasteiger partial charge in [-0.2, -0.15) is 5.01 Å². The van der Waals surface area contributed by atoms with Crippen LogP contribution in [0.15, 0.2) is 48.5 Å². The van der Waals surface area contributed by atoms with Crippen LogP contribution in [-0.2, 0) is 15.1 Å². The second kappa shape index (κ2) is 9.93. The first-order valence-corrected chi connectivity index (χ1v) is 11.5. The van der Waals surface area contributed by atoms with Crippen LogP contribution < -0.4 is 15.5 Å². The van der Waals surface area contributed by atoms with Crippen LogP contribution in [0.1, 0.15) is 22.8 Å². The Morgan fingerprint density at radius 2 is 1.71 bits per heavy atom. The van der Waals surface area contributed by atoms with Gasteiger partial charge in [0.05, 0.1) is 24.2 Å². The van der Waals surface area contributed by atoms with Crippen LogP contribution in [0.2, 0.25) is 5.02 Å². The Kier molecular flexibility index (Phi) is 6.95. The molecule has 2 aromatic carbocycles. The molecule has 184 valence electrons. The number of carbonyl (C=O) groups excluding carboxylic acids is 4. The fourth-order valence-electron chi connectivity index (χ4n) is 4.14. The summed E-state index contributed by atoms with van der Waals surface area (Å²) in [6, 6.07) is 12.9. The highest BCUT2D eigenvalue weighted by Crippen LogP contribution is 2.29. The number of piperazine rings is 1. The SMILES string of the molecule is COc1ccc(C2(C)NC(=O)N(NC(=O)CN3CCN(C(=O)c4ccccc4Cl)CC3)C2=O)cc1. The summed E-state index contributed by atoms with van der Waals surface area (Å²) in [6.45, 7) is 3.34. The number of hydrogen-bond donors (Lipinski definition) is 2. The Labute approximate surface area is 207 Å². The summed E-state index contributed by atoms with van der Waals surface area (Å²) in [5.41, 5.74) is 2.10. The molecular weight excluding hydrogens is 474 g/mol. The van der Waals surface area contributed by atoms with Crippen LogP contribution in [0.25, 0.3) is 0 Å². The molecule has 35 heavy (non-hydrogen) atoms. The van der Waals surface area contributed by atoms with Crippen molar-refractivity contribution in [3.05, 3.63) is 64.7 Å². The fraction of sp³-hybridized carbons (Fsp3) is 0.333. The molecule has 1 atom stereocenters. The lowest BCUT2D eigenvalue weighted by molar-refractivity contribution is -0.139. The lowest BCUT2D eigenvalue weighted by Gasteiger charge is -2.34. The molecule has 2 fully saturated rings. The van der Waals surface area contributed by atoms with Gasteiger partial charge in [0.2, 0.25) is 0 Å². The third kappa shape index (κ3) is 4.94. The summed E-state index contributed by atoms with van der Waals surface area (Å²) in [4.78, 5) is 54.4. The summed E-state index contributed by atoms with van der Waals surface area (Å²) in [7, 11) is 1.53. The number of halogens is 1. The highest BCUT2D eigenvalue weighted by Gasteiger charge is 2.50. The Balaban J connectivity index is 1.32. The molecule has 0 bridgehead atoms. The number of nitrogens with one attached hydrogen (secondary N) is 2. The monoisotopic (exact) mass is 499 g/mol. The van der Waals surface area contributed by atoms with E-state index in [0.717, 1.165) is 0 Å². The lowest BCUT2D eigenvalue weighted by Crippen LogP contribution is -2.54. The second-order valence-electron chi connectivity index (χ2n) is 8.51. The molecule has 5 amide bonds. The van der Waals surface area contributed by atoms with E-state index in [2.05, 4.69) is 10.7 Å². The molecule has 4 rings (SSSR count). The van der Waals surface area contributed by atoms with Gasteiger partial charge in [0.15, 0.2) is 0 Å². The summed E-state index contributed by atoms with van der Waals surface area (Å²) in [5.74, 6) is -0.626. The maximum atomic E-state index is 13.0. The normalized spacial score (nSPS) is 20.5. The Bertz CT molecular complexity index is 1150. The maximum absolute atomic E-state index is 13.0. The van der Waals surface area contributed by atoms with E-state index >= 15 is 0 Å². The highest BCUT2D eigenvalue weighted by atomic mass is 35.5. The molecule has 0 saturated carbocycles. The van der Waals surface area contributed by atoms with Crippen LogP contribution in [0.4, 0.5) is 4.79 Å². The Morgan fingerprint density at radius 1 is 1.06 bits per heavy atom. The smallest absolute Gasteiger partial charge is 0.344 e. The van der Waals surface area contributed by atoms with E-state index in [1.54, 1.807) is 60.4 Å². The molecule has 11 heteroatoms. The number of ether oxygens (including phenoxy) is 1. The van der Waals surface area contributed by atoms with Gasteiger partial charge in [-0.05, 0) is 36.8 Å². The molecule has 0 radical (unpaired) electrons. The standard InChI is InChI=1S/C24H26ClN5O5/c1-24(16-7-9-17(35-2)10-8-16)22(33)30(23(34)26-24)27-20(31)15-28-11-13-29(14-12-28)21(32)18-5-3-4-6-19(18)25/h3-10H,11-15H2,1-2H3,(H,26,34)(H,27,31). The van der Waals surface area contributed by atoms with Crippen molar-refractivity contribution in [2.75, 3.05) is 39.8 Å². The van der Waals surface area contributed by atoms with E-state index in [9.17, 15) is 19.2 Å². The molecule has 10 nitrogen and oxygen atoms in total. The fourth-order valence-corrected chi connectivity index (χ4v) is 4.35. The van der Waals surface area contributed by atoms with Crippen LogP contribution in [0, 0.1) is 0 Å². The minimum absolute atomic E-state index is 0.0234. The number of benzene rings is 2. The van der Waals surface area contributed by atoms with Crippen molar-refractivity contribution in [1.29, 1.82) is 0 Å². The van der Waals surface area contributed by atoms with Gasteiger partial charge in [-0.25, -0.2) is 4.79 Å². The van der Waals surface area contributed by atoms with Crippen molar-refractivity contribution >= 4 is 35.4 Å². The summed E-state index contributed by atoms with van der Waals surface area (Å²) in [5, 5.41) is 3.75. The van der Waals surface area contributed by atoms with Crippen LogP contribution in [0.5, 0.6) is 5.75 Å². The van der Waals surface area contributed by atoms with E-state index < -0.39 is 23.4 Å². The predicted octanol–water partition coefficient (Wildman–Crippen LogP) is 1.60. The number of urea groups is 1. The third-order valence-electron chi connectivity index (χ3n) is 6.23. The van der Waals surface area contributed by atoms with Crippen molar-refractivity contribution in [2.45, 2.75) is 12.5 Å². The largest absolute Gasteiger partial charge is 0.497 e. The number of nitrogens with zero attached hydrogens (tertiary/aromatic N) is 3. The summed E-state index contributed by atoms with van der Waals surface area (Å²) < 4.78 is 5.13. The molecule has 2 aliphatic rings. The highest BCUT2D eigenvalue weighted by molar-refractivity contribution is 6.33. The first kappa shape index (κ1) is 24.5. The number of hydrogen-bond acceptors (Lipinski definition) is 6. The third-order valence-corrected chi connectivity index (χ3v) is 6.56. The summed E-state index contributed by atoms with van der Waals surface area (Å²) in [6.07, 6.45) is 0. The van der Waals surface area contributed by atoms with Crippen molar-refractivity contribution in [3.63, 3.8) is 0 Å². The van der Waals surface area contributed by atoms with Gasteiger partial charge >= 0.3 is 6.03 Å². The van der Waals surface area contributed by atoms with Crippen LogP contribution in [0.3, 0.4) is 0 Å². The van der Waals surface area contributed by atoms with Crippen LogP contribution in [-0.4, -0.2) is 78.4 Å². The lowest BCUT2D eigenvalue weighted by atomic mass is 9.92. The number of hydrazine groups is 1. The van der Waals surface area contributed by atoms with Gasteiger partial charge in [0.25, 0.3) is 17.7 Å². The molecule has 2 heterocycles. The number of amides is 5. The van der Waals surface area contributed by atoms with Crippen molar-refractivity contribution < 1.29 is 23.9 Å². The van der Waals surface area contributed by atoms with Gasteiger partial charge in [-0.3, -0.25) is 24.7 Å². The molecule has 2 aromatic rings. The topological polar surface area (TPSA) is 111 Å². The second-order valence-corrected chi connectivity index (χ2v) is 8.91. The Hall–Kier alpha value is -3.63. The van der Waals surface area contributed by atoms with Gasteiger partial charge in [0, 0.05) is 26.2 Å². The Morgan fingerprint density at radius 3 is 2.34 bits per heavy atom. The number of carbonyl (C=O) groups is 4. The zero-order chi connectivity index (χ0) is 25.2. The average Bonchev–Trinajstić information content (AvgIpc) is 3.08. The molecule has 2 N–H and O–H groups in total. The first-order valence-electron chi connectivity index (χ1n) is 11.1. The zero-order valence-electron chi connectivity index (χ0n) is 19.4.